The smallest absolute Gasteiger partial charge is 0.410 e. The molecule has 0 N–H and O–H groups in total. The van der Waals surface area contributed by atoms with E-state index in [1.54, 1.807) is 0 Å². The monoisotopic (exact) mass is 399 g/mol. The fourth-order valence-corrected chi connectivity index (χ4v) is 4.38. The van der Waals surface area contributed by atoms with E-state index in [9.17, 15) is 4.79 Å². The van der Waals surface area contributed by atoms with E-state index >= 15 is 0 Å². The van der Waals surface area contributed by atoms with E-state index in [0.717, 1.165) is 5.56 Å². The second-order valence-electron chi connectivity index (χ2n) is 8.63. The lowest BCUT2D eigenvalue weighted by Crippen LogP contribution is -2.39. The highest BCUT2D eigenvalue weighted by molar-refractivity contribution is 6.42. The van der Waals surface area contributed by atoms with Crippen molar-refractivity contribution in [3.8, 4) is 0 Å². The minimum atomic E-state index is -0.499. The maximum absolute atomic E-state index is 12.5. The molecule has 3 rings (SSSR count). The largest absolute Gasteiger partial charge is 0.444 e. The summed E-state index contributed by atoms with van der Waals surface area (Å²) in [6.45, 7) is 11.7. The number of likely N-dealkylation sites (tertiary alicyclic amines) is 1. The van der Waals surface area contributed by atoms with Crippen molar-refractivity contribution in [3.63, 3.8) is 0 Å². The van der Waals surface area contributed by atoms with Gasteiger partial charge in [0.1, 0.15) is 5.60 Å². The van der Waals surface area contributed by atoms with Crippen molar-refractivity contribution in [3.05, 3.63) is 33.8 Å². The molecule has 0 spiro atoms. The molecule has 0 bridgehead atoms. The van der Waals surface area contributed by atoms with Gasteiger partial charge in [-0.1, -0.05) is 29.3 Å². The quantitative estimate of drug-likeness (QED) is 0.702. The summed E-state index contributed by atoms with van der Waals surface area (Å²) in [5.74, 6) is 0.729. The Morgan fingerprint density at radius 2 is 2.00 bits per heavy atom. The van der Waals surface area contributed by atoms with Gasteiger partial charge in [-0.3, -0.25) is 0 Å². The summed E-state index contributed by atoms with van der Waals surface area (Å²) in [5.41, 5.74) is 0.501. The summed E-state index contributed by atoms with van der Waals surface area (Å²) in [4.78, 5) is 14.3. The van der Waals surface area contributed by atoms with Gasteiger partial charge in [0.2, 0.25) is 0 Å². The standard InChI is InChI=1S/C20H27Cl2NO3/c1-12(2)25-10-15-14-9-23(18(24)26-19(3,4)5)11-20(14,15)13-6-7-16(21)17(22)8-13/h6-8,12,14-15H,9-11H2,1-5H3/t14-,15-,20+/m0/s1. The molecule has 1 aromatic carbocycles. The van der Waals surface area contributed by atoms with Crippen LogP contribution in [0.5, 0.6) is 0 Å². The van der Waals surface area contributed by atoms with Crippen LogP contribution in [-0.2, 0) is 14.9 Å². The molecule has 1 aliphatic heterocycles. The highest BCUT2D eigenvalue weighted by Crippen LogP contribution is 2.64. The van der Waals surface area contributed by atoms with Crippen molar-refractivity contribution in [1.29, 1.82) is 0 Å². The van der Waals surface area contributed by atoms with Crippen LogP contribution in [0.1, 0.15) is 40.2 Å². The number of carbonyl (C=O) groups excluding carboxylic acids is 1. The summed E-state index contributed by atoms with van der Waals surface area (Å²) in [5, 5.41) is 1.09. The first kappa shape index (κ1) is 19.8. The van der Waals surface area contributed by atoms with Crippen LogP contribution in [0.3, 0.4) is 0 Å². The Kier molecular flexibility index (Phi) is 5.24. The van der Waals surface area contributed by atoms with Crippen molar-refractivity contribution >= 4 is 29.3 Å². The lowest BCUT2D eigenvalue weighted by atomic mass is 9.93. The van der Waals surface area contributed by atoms with Gasteiger partial charge in [0.05, 0.1) is 22.8 Å². The molecule has 1 aliphatic carbocycles. The first-order chi connectivity index (χ1) is 12.0. The number of ether oxygens (including phenoxy) is 2. The molecule has 1 saturated heterocycles. The molecule has 1 heterocycles. The summed E-state index contributed by atoms with van der Waals surface area (Å²) < 4.78 is 11.4. The van der Waals surface area contributed by atoms with Crippen LogP contribution in [-0.4, -0.2) is 42.4 Å². The van der Waals surface area contributed by atoms with E-state index in [0.29, 0.717) is 41.6 Å². The van der Waals surface area contributed by atoms with Crippen molar-refractivity contribution in [1.82, 2.24) is 4.90 Å². The summed E-state index contributed by atoms with van der Waals surface area (Å²) in [6.07, 6.45) is -0.0724. The number of amides is 1. The zero-order valence-electron chi connectivity index (χ0n) is 16.0. The molecule has 1 aromatic rings. The molecule has 1 saturated carbocycles. The number of rotatable bonds is 4. The van der Waals surface area contributed by atoms with Crippen LogP contribution in [0.2, 0.25) is 10.0 Å². The van der Waals surface area contributed by atoms with Crippen LogP contribution < -0.4 is 0 Å². The van der Waals surface area contributed by atoms with E-state index < -0.39 is 5.60 Å². The first-order valence-corrected chi connectivity index (χ1v) is 9.85. The number of halogens is 2. The molecule has 0 radical (unpaired) electrons. The molecule has 2 aliphatic rings. The molecule has 144 valence electrons. The predicted octanol–water partition coefficient (Wildman–Crippen LogP) is 5.15. The number of hydrogen-bond donors (Lipinski definition) is 0. The number of nitrogens with zero attached hydrogens (tertiary/aromatic N) is 1. The van der Waals surface area contributed by atoms with Crippen molar-refractivity contribution < 1.29 is 14.3 Å². The lowest BCUT2D eigenvalue weighted by Gasteiger charge is -2.28. The van der Waals surface area contributed by atoms with Gasteiger partial charge in [-0.25, -0.2) is 4.79 Å². The average Bonchev–Trinajstić information content (AvgIpc) is 2.92. The van der Waals surface area contributed by atoms with Crippen LogP contribution in [0.15, 0.2) is 18.2 Å². The molecule has 3 atom stereocenters. The maximum atomic E-state index is 12.5. The van der Waals surface area contributed by atoms with Gasteiger partial charge < -0.3 is 14.4 Å². The Morgan fingerprint density at radius 1 is 1.31 bits per heavy atom. The fraction of sp³-hybridized carbons (Fsp3) is 0.650. The third-order valence-corrected chi connectivity index (χ3v) is 6.03. The molecule has 2 fully saturated rings. The van der Waals surface area contributed by atoms with E-state index in [4.69, 9.17) is 32.7 Å². The molecule has 0 aromatic heterocycles. The van der Waals surface area contributed by atoms with Gasteiger partial charge in [-0.05, 0) is 64.2 Å². The summed E-state index contributed by atoms with van der Waals surface area (Å²) in [6, 6.07) is 5.79. The van der Waals surface area contributed by atoms with Crippen molar-refractivity contribution in [2.75, 3.05) is 19.7 Å². The Labute approximate surface area is 165 Å². The average molecular weight is 400 g/mol. The fourth-order valence-electron chi connectivity index (χ4n) is 4.08. The third kappa shape index (κ3) is 3.69. The molecular formula is C20H27Cl2NO3. The maximum Gasteiger partial charge on any atom is 0.410 e. The van der Waals surface area contributed by atoms with Crippen LogP contribution in [0.4, 0.5) is 4.79 Å². The van der Waals surface area contributed by atoms with Crippen molar-refractivity contribution in [2.24, 2.45) is 11.8 Å². The minimum Gasteiger partial charge on any atom is -0.444 e. The number of fused-ring (bicyclic) bond motifs is 1. The van der Waals surface area contributed by atoms with E-state index in [-0.39, 0.29) is 17.6 Å². The zero-order chi connectivity index (χ0) is 19.3. The molecule has 0 unspecified atom stereocenters. The topological polar surface area (TPSA) is 38.8 Å². The van der Waals surface area contributed by atoms with E-state index in [2.05, 4.69) is 0 Å². The van der Waals surface area contributed by atoms with Crippen molar-refractivity contribution in [2.45, 2.75) is 51.7 Å². The van der Waals surface area contributed by atoms with Gasteiger partial charge in [0.15, 0.2) is 0 Å². The highest BCUT2D eigenvalue weighted by atomic mass is 35.5. The van der Waals surface area contributed by atoms with Gasteiger partial charge in [-0.15, -0.1) is 0 Å². The Hall–Kier alpha value is -0.970. The number of carbonyl (C=O) groups is 1. The molecular weight excluding hydrogens is 373 g/mol. The molecule has 4 nitrogen and oxygen atoms in total. The Bertz CT molecular complexity index is 701. The van der Waals surface area contributed by atoms with Crippen LogP contribution in [0, 0.1) is 11.8 Å². The SMILES string of the molecule is CC(C)OC[C@H]1[C@@H]2CN(C(=O)OC(C)(C)C)C[C@]12c1ccc(Cl)c(Cl)c1. The molecule has 26 heavy (non-hydrogen) atoms. The van der Waals surface area contributed by atoms with Crippen LogP contribution in [0.25, 0.3) is 0 Å². The summed E-state index contributed by atoms with van der Waals surface area (Å²) in [7, 11) is 0. The second kappa shape index (κ2) is 6.88. The minimum absolute atomic E-state index is 0.125. The zero-order valence-corrected chi connectivity index (χ0v) is 17.5. The van der Waals surface area contributed by atoms with Gasteiger partial charge >= 0.3 is 6.09 Å². The number of piperidine rings is 1. The molecule has 1 amide bonds. The third-order valence-electron chi connectivity index (χ3n) is 5.29. The van der Waals surface area contributed by atoms with Gasteiger partial charge in [-0.2, -0.15) is 0 Å². The normalized spacial score (nSPS) is 27.6. The van der Waals surface area contributed by atoms with Crippen LogP contribution >= 0.6 is 23.2 Å². The first-order valence-electron chi connectivity index (χ1n) is 9.09. The Balaban J connectivity index is 1.82. The van der Waals surface area contributed by atoms with Gasteiger partial charge in [0, 0.05) is 18.5 Å². The second-order valence-corrected chi connectivity index (χ2v) is 9.44. The number of benzene rings is 1. The highest BCUT2D eigenvalue weighted by Gasteiger charge is 2.70. The number of hydrogen-bond acceptors (Lipinski definition) is 3. The predicted molar refractivity (Wildman–Crippen MR) is 104 cm³/mol. The Morgan fingerprint density at radius 3 is 2.58 bits per heavy atom. The molecule has 6 heteroatoms. The van der Waals surface area contributed by atoms with E-state index in [1.165, 1.54) is 0 Å². The van der Waals surface area contributed by atoms with Gasteiger partial charge in [0.25, 0.3) is 0 Å². The summed E-state index contributed by atoms with van der Waals surface area (Å²) >= 11 is 12.4. The van der Waals surface area contributed by atoms with E-state index in [1.807, 2.05) is 57.7 Å². The lowest BCUT2D eigenvalue weighted by molar-refractivity contribution is 0.0219.